The average Bonchev–Trinajstić information content (AvgIpc) is 2.40. The van der Waals surface area contributed by atoms with Crippen molar-refractivity contribution < 1.29 is 8.78 Å². The summed E-state index contributed by atoms with van der Waals surface area (Å²) in [7, 11) is 1.74. The number of halogens is 2. The lowest BCUT2D eigenvalue weighted by molar-refractivity contribution is 0.545. The lowest BCUT2D eigenvalue weighted by atomic mass is 9.94. The van der Waals surface area contributed by atoms with Crippen LogP contribution in [-0.2, 0) is 5.41 Å². The Morgan fingerprint density at radius 1 is 1.10 bits per heavy atom. The largest absolute Gasteiger partial charge is 0.373 e. The minimum Gasteiger partial charge on any atom is -0.373 e. The van der Waals surface area contributed by atoms with Crippen LogP contribution < -0.4 is 5.32 Å². The maximum atomic E-state index is 14.1. The number of rotatable bonds is 2. The van der Waals surface area contributed by atoms with Crippen LogP contribution in [0.5, 0.6) is 0 Å². The first-order chi connectivity index (χ1) is 9.74. The number of nitrogens with one attached hydrogen (secondary N) is 1. The second-order valence-corrected chi connectivity index (χ2v) is 5.99. The second-order valence-electron chi connectivity index (χ2n) is 5.99. The Bertz CT molecular complexity index is 676. The number of hydrogen-bond donors (Lipinski definition) is 1. The quantitative estimate of drug-likeness (QED) is 0.906. The molecule has 1 heterocycles. The Hall–Kier alpha value is -2.04. The van der Waals surface area contributed by atoms with E-state index in [9.17, 15) is 8.78 Å². The van der Waals surface area contributed by atoms with E-state index in [4.69, 9.17) is 0 Å². The molecule has 0 aliphatic heterocycles. The van der Waals surface area contributed by atoms with Crippen LogP contribution in [0, 0.1) is 18.6 Å². The first-order valence-electron chi connectivity index (χ1n) is 6.76. The molecule has 112 valence electrons. The fourth-order valence-corrected chi connectivity index (χ4v) is 2.04. The van der Waals surface area contributed by atoms with E-state index in [-0.39, 0.29) is 11.0 Å². The Balaban J connectivity index is 2.75. The normalized spacial score (nSPS) is 11.6. The summed E-state index contributed by atoms with van der Waals surface area (Å²) in [5.74, 6) is 0.206. The van der Waals surface area contributed by atoms with Crippen LogP contribution in [-0.4, -0.2) is 17.0 Å². The van der Waals surface area contributed by atoms with E-state index >= 15 is 0 Å². The molecule has 1 N–H and O–H groups in total. The number of hydrogen-bond acceptors (Lipinski definition) is 3. The Kier molecular flexibility index (Phi) is 3.94. The molecule has 0 atom stereocenters. The molecular formula is C16H19F2N3. The molecule has 0 aliphatic rings. The topological polar surface area (TPSA) is 37.8 Å². The van der Waals surface area contributed by atoms with Crippen LogP contribution in [0.25, 0.3) is 11.3 Å². The number of anilines is 1. The van der Waals surface area contributed by atoms with E-state index in [1.807, 2.05) is 20.8 Å². The van der Waals surface area contributed by atoms with Crippen molar-refractivity contribution in [2.45, 2.75) is 33.1 Å². The van der Waals surface area contributed by atoms with Gasteiger partial charge in [-0.05, 0) is 25.1 Å². The third-order valence-electron chi connectivity index (χ3n) is 3.24. The molecule has 3 nitrogen and oxygen atoms in total. The highest BCUT2D eigenvalue weighted by Crippen LogP contribution is 2.31. The first kappa shape index (κ1) is 15.4. The third kappa shape index (κ3) is 3.01. The van der Waals surface area contributed by atoms with Crippen LogP contribution in [0.2, 0.25) is 0 Å². The van der Waals surface area contributed by atoms with Gasteiger partial charge in [0.1, 0.15) is 23.3 Å². The molecule has 0 aliphatic carbocycles. The third-order valence-corrected chi connectivity index (χ3v) is 3.24. The van der Waals surface area contributed by atoms with Gasteiger partial charge in [0.15, 0.2) is 0 Å². The van der Waals surface area contributed by atoms with E-state index in [0.29, 0.717) is 22.9 Å². The highest BCUT2D eigenvalue weighted by molar-refractivity contribution is 5.68. The van der Waals surface area contributed by atoms with E-state index in [1.165, 1.54) is 0 Å². The average molecular weight is 291 g/mol. The fourth-order valence-electron chi connectivity index (χ4n) is 2.04. The minimum absolute atomic E-state index is 0.150. The van der Waals surface area contributed by atoms with Crippen molar-refractivity contribution in [2.24, 2.45) is 0 Å². The number of nitrogens with zero attached hydrogens (tertiary/aromatic N) is 2. The molecule has 1 aromatic heterocycles. The number of benzene rings is 1. The van der Waals surface area contributed by atoms with Gasteiger partial charge < -0.3 is 5.32 Å². The second kappa shape index (κ2) is 5.39. The van der Waals surface area contributed by atoms with Crippen molar-refractivity contribution in [1.82, 2.24) is 9.97 Å². The van der Waals surface area contributed by atoms with Gasteiger partial charge in [-0.3, -0.25) is 0 Å². The van der Waals surface area contributed by atoms with E-state index in [2.05, 4.69) is 15.3 Å². The van der Waals surface area contributed by atoms with Crippen molar-refractivity contribution in [3.05, 3.63) is 41.2 Å². The highest BCUT2D eigenvalue weighted by atomic mass is 19.1. The zero-order chi connectivity index (χ0) is 15.8. The van der Waals surface area contributed by atoms with Gasteiger partial charge in [-0.15, -0.1) is 0 Å². The van der Waals surface area contributed by atoms with E-state index in [0.717, 1.165) is 18.2 Å². The zero-order valence-electron chi connectivity index (χ0n) is 12.9. The van der Waals surface area contributed by atoms with E-state index in [1.54, 1.807) is 14.0 Å². The zero-order valence-corrected chi connectivity index (χ0v) is 12.9. The molecule has 1 aromatic carbocycles. The molecule has 0 fully saturated rings. The molecule has 0 unspecified atom stereocenters. The van der Waals surface area contributed by atoms with Gasteiger partial charge in [0.05, 0.1) is 5.69 Å². The summed E-state index contributed by atoms with van der Waals surface area (Å²) in [6, 6.07) is 3.37. The minimum atomic E-state index is -0.500. The maximum absolute atomic E-state index is 14.1. The first-order valence-corrected chi connectivity index (χ1v) is 6.76. The number of aromatic nitrogens is 2. The van der Waals surface area contributed by atoms with Crippen molar-refractivity contribution in [3.8, 4) is 11.3 Å². The summed E-state index contributed by atoms with van der Waals surface area (Å²) in [5, 5.41) is 2.98. The predicted molar refractivity (Wildman–Crippen MR) is 80.4 cm³/mol. The summed E-state index contributed by atoms with van der Waals surface area (Å²) >= 11 is 0. The van der Waals surface area contributed by atoms with Crippen molar-refractivity contribution in [2.75, 3.05) is 12.4 Å². The van der Waals surface area contributed by atoms with Crippen molar-refractivity contribution in [1.29, 1.82) is 0 Å². The molecular weight excluding hydrogens is 272 g/mol. The lowest BCUT2D eigenvalue weighted by Crippen LogP contribution is -2.18. The van der Waals surface area contributed by atoms with Crippen LogP contribution in [0.15, 0.2) is 18.2 Å². The molecule has 2 rings (SSSR count). The summed E-state index contributed by atoms with van der Waals surface area (Å²) in [6.07, 6.45) is 0. The maximum Gasteiger partial charge on any atom is 0.136 e. The standard InChI is InChI=1S/C16H19F2N3/c1-9-13(11-8-10(17)6-7-12(11)18)20-15(16(2,3)4)21-14(9)19-5/h6-8H,1-5H3,(H,19,20,21). The van der Waals surface area contributed by atoms with Gasteiger partial charge in [0.25, 0.3) is 0 Å². The molecule has 0 saturated heterocycles. The van der Waals surface area contributed by atoms with Gasteiger partial charge in [0, 0.05) is 23.6 Å². The van der Waals surface area contributed by atoms with Crippen LogP contribution >= 0.6 is 0 Å². The molecule has 2 aromatic rings. The Labute approximate surface area is 123 Å². The molecule has 0 spiro atoms. The molecule has 0 saturated carbocycles. The monoisotopic (exact) mass is 291 g/mol. The molecule has 0 bridgehead atoms. The van der Waals surface area contributed by atoms with Crippen molar-refractivity contribution >= 4 is 5.82 Å². The summed E-state index contributed by atoms with van der Waals surface area (Å²) in [5.41, 5.74) is 0.959. The van der Waals surface area contributed by atoms with Gasteiger partial charge in [-0.2, -0.15) is 0 Å². The van der Waals surface area contributed by atoms with Gasteiger partial charge in [-0.1, -0.05) is 20.8 Å². The van der Waals surface area contributed by atoms with Crippen LogP contribution in [0.4, 0.5) is 14.6 Å². The fraction of sp³-hybridized carbons (Fsp3) is 0.375. The highest BCUT2D eigenvalue weighted by Gasteiger charge is 2.22. The SMILES string of the molecule is CNc1nc(C(C)(C)C)nc(-c2cc(F)ccc2F)c1C. The lowest BCUT2D eigenvalue weighted by Gasteiger charge is -2.20. The van der Waals surface area contributed by atoms with Gasteiger partial charge >= 0.3 is 0 Å². The smallest absolute Gasteiger partial charge is 0.136 e. The molecule has 0 amide bonds. The summed E-state index contributed by atoms with van der Waals surface area (Å²) < 4.78 is 27.5. The predicted octanol–water partition coefficient (Wildman–Crippen LogP) is 4.07. The van der Waals surface area contributed by atoms with Crippen LogP contribution in [0.1, 0.15) is 32.2 Å². The summed E-state index contributed by atoms with van der Waals surface area (Å²) in [6.45, 7) is 7.71. The Morgan fingerprint density at radius 2 is 1.76 bits per heavy atom. The molecule has 21 heavy (non-hydrogen) atoms. The van der Waals surface area contributed by atoms with Crippen LogP contribution in [0.3, 0.4) is 0 Å². The Morgan fingerprint density at radius 3 is 2.33 bits per heavy atom. The van der Waals surface area contributed by atoms with Gasteiger partial charge in [0.2, 0.25) is 0 Å². The van der Waals surface area contributed by atoms with E-state index < -0.39 is 11.6 Å². The van der Waals surface area contributed by atoms with Crippen molar-refractivity contribution in [3.63, 3.8) is 0 Å². The molecule has 0 radical (unpaired) electrons. The summed E-state index contributed by atoms with van der Waals surface area (Å²) in [4.78, 5) is 8.93. The van der Waals surface area contributed by atoms with Gasteiger partial charge in [-0.25, -0.2) is 18.7 Å². The molecule has 5 heteroatoms.